The summed E-state index contributed by atoms with van der Waals surface area (Å²) in [5.74, 6) is -0.345. The van der Waals surface area contributed by atoms with Crippen LogP contribution in [0.15, 0.2) is 35.7 Å². The van der Waals surface area contributed by atoms with Gasteiger partial charge in [-0.25, -0.2) is 4.39 Å². The van der Waals surface area contributed by atoms with E-state index in [1.165, 1.54) is 10.9 Å². The van der Waals surface area contributed by atoms with Gasteiger partial charge in [-0.05, 0) is 36.1 Å². The van der Waals surface area contributed by atoms with Crippen molar-refractivity contribution in [2.24, 2.45) is 0 Å². The standard InChI is InChI=1S/C14H13FN2S/c1-17(7-6-12-3-2-8-18-12)14-5-4-11(10-16)9-13(14)15/h2-5,8-9H,6-7H2,1H3. The fourth-order valence-electron chi connectivity index (χ4n) is 1.74. The second kappa shape index (κ2) is 5.65. The van der Waals surface area contributed by atoms with Crippen LogP contribution in [0.5, 0.6) is 0 Å². The topological polar surface area (TPSA) is 27.0 Å². The van der Waals surface area contributed by atoms with Gasteiger partial charge < -0.3 is 4.90 Å². The highest BCUT2D eigenvalue weighted by Crippen LogP contribution is 2.20. The molecule has 2 aromatic rings. The Morgan fingerprint density at radius 1 is 1.39 bits per heavy atom. The zero-order chi connectivity index (χ0) is 13.0. The van der Waals surface area contributed by atoms with Gasteiger partial charge in [-0.3, -0.25) is 0 Å². The van der Waals surface area contributed by atoms with Gasteiger partial charge in [0.25, 0.3) is 0 Å². The summed E-state index contributed by atoms with van der Waals surface area (Å²) < 4.78 is 13.8. The SMILES string of the molecule is CN(CCc1cccs1)c1ccc(C#N)cc1F. The van der Waals surface area contributed by atoms with Crippen molar-refractivity contribution in [1.82, 2.24) is 0 Å². The number of halogens is 1. The molecule has 0 saturated heterocycles. The van der Waals surface area contributed by atoms with Crippen molar-refractivity contribution in [3.05, 3.63) is 52.0 Å². The van der Waals surface area contributed by atoms with Gasteiger partial charge >= 0.3 is 0 Å². The first-order chi connectivity index (χ1) is 8.70. The van der Waals surface area contributed by atoms with Gasteiger partial charge in [0.15, 0.2) is 0 Å². The maximum Gasteiger partial charge on any atom is 0.147 e. The molecule has 92 valence electrons. The number of rotatable bonds is 4. The van der Waals surface area contributed by atoms with Crippen LogP contribution in [0.4, 0.5) is 10.1 Å². The molecule has 0 spiro atoms. The minimum Gasteiger partial charge on any atom is -0.372 e. The van der Waals surface area contributed by atoms with Crippen LogP contribution in [-0.4, -0.2) is 13.6 Å². The zero-order valence-corrected chi connectivity index (χ0v) is 10.9. The van der Waals surface area contributed by atoms with Crippen molar-refractivity contribution in [3.63, 3.8) is 0 Å². The number of hydrogen-bond acceptors (Lipinski definition) is 3. The molecule has 1 aromatic heterocycles. The summed E-state index contributed by atoms with van der Waals surface area (Å²) in [6, 6.07) is 10.6. The Morgan fingerprint density at radius 2 is 2.22 bits per heavy atom. The number of thiophene rings is 1. The molecule has 1 aromatic carbocycles. The molecule has 0 saturated carbocycles. The molecule has 0 aliphatic carbocycles. The minimum atomic E-state index is -0.345. The van der Waals surface area contributed by atoms with Gasteiger partial charge in [-0.1, -0.05) is 6.07 Å². The third-order valence-electron chi connectivity index (χ3n) is 2.76. The first-order valence-electron chi connectivity index (χ1n) is 5.64. The predicted molar refractivity (Wildman–Crippen MR) is 72.4 cm³/mol. The lowest BCUT2D eigenvalue weighted by molar-refractivity contribution is 0.622. The number of hydrogen-bond donors (Lipinski definition) is 0. The fourth-order valence-corrected chi connectivity index (χ4v) is 2.44. The van der Waals surface area contributed by atoms with Crippen LogP contribution in [0.3, 0.4) is 0 Å². The lowest BCUT2D eigenvalue weighted by Gasteiger charge is -2.19. The van der Waals surface area contributed by atoms with Gasteiger partial charge in [0.05, 0.1) is 17.3 Å². The van der Waals surface area contributed by atoms with E-state index in [0.29, 0.717) is 11.3 Å². The first-order valence-corrected chi connectivity index (χ1v) is 6.52. The van der Waals surface area contributed by atoms with Gasteiger partial charge in [0.2, 0.25) is 0 Å². The summed E-state index contributed by atoms with van der Waals surface area (Å²) in [5, 5.41) is 10.7. The lowest BCUT2D eigenvalue weighted by Crippen LogP contribution is -2.21. The van der Waals surface area contributed by atoms with Crippen molar-refractivity contribution >= 4 is 17.0 Å². The third-order valence-corrected chi connectivity index (χ3v) is 3.70. The number of nitriles is 1. The Bertz CT molecular complexity index is 558. The molecule has 0 bridgehead atoms. The summed E-state index contributed by atoms with van der Waals surface area (Å²) in [4.78, 5) is 3.16. The highest BCUT2D eigenvalue weighted by Gasteiger charge is 2.08. The van der Waals surface area contributed by atoms with Gasteiger partial charge in [-0.15, -0.1) is 11.3 Å². The zero-order valence-electron chi connectivity index (χ0n) is 10.1. The summed E-state index contributed by atoms with van der Waals surface area (Å²) >= 11 is 1.71. The highest BCUT2D eigenvalue weighted by molar-refractivity contribution is 7.09. The van der Waals surface area contributed by atoms with E-state index in [-0.39, 0.29) is 5.82 Å². The lowest BCUT2D eigenvalue weighted by atomic mass is 10.2. The maximum absolute atomic E-state index is 13.8. The Balaban J connectivity index is 2.05. The summed E-state index contributed by atoms with van der Waals surface area (Å²) in [5.41, 5.74) is 0.883. The smallest absolute Gasteiger partial charge is 0.147 e. The molecule has 0 aliphatic rings. The van der Waals surface area contributed by atoms with E-state index >= 15 is 0 Å². The molecule has 0 unspecified atom stereocenters. The third kappa shape index (κ3) is 2.88. The van der Waals surface area contributed by atoms with Gasteiger partial charge in [0.1, 0.15) is 5.82 Å². The predicted octanol–water partition coefficient (Wildman–Crippen LogP) is 3.44. The second-order valence-corrected chi connectivity index (χ2v) is 5.06. The van der Waals surface area contributed by atoms with Gasteiger partial charge in [-0.2, -0.15) is 5.26 Å². The van der Waals surface area contributed by atoms with Crippen LogP contribution in [0.1, 0.15) is 10.4 Å². The Labute approximate surface area is 110 Å². The largest absolute Gasteiger partial charge is 0.372 e. The number of benzene rings is 1. The number of nitrogens with zero attached hydrogens (tertiary/aromatic N) is 2. The Kier molecular flexibility index (Phi) is 3.96. The average molecular weight is 260 g/mol. The second-order valence-electron chi connectivity index (χ2n) is 4.03. The molecular weight excluding hydrogens is 247 g/mol. The monoisotopic (exact) mass is 260 g/mol. The molecule has 0 atom stereocenters. The van der Waals surface area contributed by atoms with Crippen molar-refractivity contribution in [3.8, 4) is 6.07 Å². The molecule has 4 heteroatoms. The summed E-state index contributed by atoms with van der Waals surface area (Å²) in [6.45, 7) is 0.753. The van der Waals surface area contributed by atoms with Crippen LogP contribution in [-0.2, 0) is 6.42 Å². The molecule has 0 radical (unpaired) electrons. The van der Waals surface area contributed by atoms with E-state index in [4.69, 9.17) is 5.26 Å². The van der Waals surface area contributed by atoms with Crippen molar-refractivity contribution < 1.29 is 4.39 Å². The van der Waals surface area contributed by atoms with Crippen LogP contribution in [0.25, 0.3) is 0 Å². The first kappa shape index (κ1) is 12.6. The molecule has 18 heavy (non-hydrogen) atoms. The average Bonchev–Trinajstić information content (AvgIpc) is 2.88. The molecule has 0 amide bonds. The van der Waals surface area contributed by atoms with E-state index in [0.717, 1.165) is 13.0 Å². The highest BCUT2D eigenvalue weighted by atomic mass is 32.1. The molecule has 1 heterocycles. The van der Waals surface area contributed by atoms with E-state index < -0.39 is 0 Å². The number of likely N-dealkylation sites (N-methyl/N-ethyl adjacent to an activating group) is 1. The molecule has 2 nitrogen and oxygen atoms in total. The van der Waals surface area contributed by atoms with Crippen molar-refractivity contribution in [1.29, 1.82) is 5.26 Å². The van der Waals surface area contributed by atoms with E-state index in [1.807, 2.05) is 29.5 Å². The maximum atomic E-state index is 13.8. The van der Waals surface area contributed by atoms with Gasteiger partial charge in [0, 0.05) is 18.5 Å². The Morgan fingerprint density at radius 3 is 2.83 bits per heavy atom. The van der Waals surface area contributed by atoms with Crippen LogP contribution >= 0.6 is 11.3 Å². The fraction of sp³-hybridized carbons (Fsp3) is 0.214. The minimum absolute atomic E-state index is 0.345. The normalized spacial score (nSPS) is 10.1. The van der Waals surface area contributed by atoms with Crippen LogP contribution in [0, 0.1) is 17.1 Å². The molecular formula is C14H13FN2S. The van der Waals surface area contributed by atoms with Crippen molar-refractivity contribution in [2.75, 3.05) is 18.5 Å². The summed E-state index contributed by atoms with van der Waals surface area (Å²) in [7, 11) is 1.86. The van der Waals surface area contributed by atoms with E-state index in [1.54, 1.807) is 23.5 Å². The van der Waals surface area contributed by atoms with E-state index in [2.05, 4.69) is 6.07 Å². The number of anilines is 1. The quantitative estimate of drug-likeness (QED) is 0.842. The molecule has 0 fully saturated rings. The Hall–Kier alpha value is -1.86. The molecule has 0 aliphatic heterocycles. The van der Waals surface area contributed by atoms with Crippen LogP contribution in [0.2, 0.25) is 0 Å². The molecule has 0 N–H and O–H groups in total. The van der Waals surface area contributed by atoms with Crippen LogP contribution < -0.4 is 4.90 Å². The van der Waals surface area contributed by atoms with E-state index in [9.17, 15) is 4.39 Å². The van der Waals surface area contributed by atoms with Crippen molar-refractivity contribution in [2.45, 2.75) is 6.42 Å². The molecule has 2 rings (SSSR count). The summed E-state index contributed by atoms with van der Waals surface area (Å²) in [6.07, 6.45) is 0.896.